The molecule has 0 radical (unpaired) electrons. The topological polar surface area (TPSA) is 85.0 Å². The summed E-state index contributed by atoms with van der Waals surface area (Å²) in [7, 11) is -4.09. The molecule has 0 N–H and O–H groups in total. The van der Waals surface area contributed by atoms with Gasteiger partial charge in [0.05, 0.1) is 22.2 Å². The Morgan fingerprint density at radius 3 is 2.44 bits per heavy atom. The number of hydrogen-bond acceptors (Lipinski definition) is 5. The van der Waals surface area contributed by atoms with Crippen LogP contribution in [0.5, 0.6) is 5.75 Å². The molecule has 6 nitrogen and oxygen atoms in total. The predicted molar refractivity (Wildman–Crippen MR) is 142 cm³/mol. The van der Waals surface area contributed by atoms with Gasteiger partial charge in [0.25, 0.3) is 0 Å². The lowest BCUT2D eigenvalue weighted by atomic mass is 10.1. The molecule has 1 heterocycles. The average Bonchev–Trinajstić information content (AvgIpc) is 3.31. The summed E-state index contributed by atoms with van der Waals surface area (Å²) in [5.41, 5.74) is 2.31. The van der Waals surface area contributed by atoms with Crippen molar-refractivity contribution in [3.8, 4) is 28.8 Å². The highest BCUT2D eigenvalue weighted by molar-refractivity contribution is 7.95. The Hall–Kier alpha value is -3.57. The Morgan fingerprint density at radius 1 is 1.08 bits per heavy atom. The normalized spacial score (nSPS) is 11.8. The zero-order chi connectivity index (χ0) is 25.7. The molecule has 36 heavy (non-hydrogen) atoms. The van der Waals surface area contributed by atoms with Gasteiger partial charge >= 0.3 is 0 Å². The molecule has 182 valence electrons. The Labute approximate surface area is 219 Å². The van der Waals surface area contributed by atoms with E-state index < -0.39 is 14.7 Å². The van der Waals surface area contributed by atoms with Gasteiger partial charge in [-0.25, -0.2) is 13.1 Å². The number of allylic oxidation sites excluding steroid dienone is 1. The van der Waals surface area contributed by atoms with Crippen LogP contribution >= 0.6 is 23.2 Å². The molecule has 0 unspecified atom stereocenters. The van der Waals surface area contributed by atoms with Gasteiger partial charge in [-0.3, -0.25) is 0 Å². The molecular formula is C27H21Cl2N3O3S. The summed E-state index contributed by atoms with van der Waals surface area (Å²) in [5.74, 6) is 0.546. The Kier molecular flexibility index (Phi) is 7.80. The summed E-state index contributed by atoms with van der Waals surface area (Å²) < 4.78 is 33.7. The number of aromatic nitrogens is 2. The van der Waals surface area contributed by atoms with Gasteiger partial charge in [-0.1, -0.05) is 48.3 Å². The van der Waals surface area contributed by atoms with E-state index in [1.54, 1.807) is 29.1 Å². The van der Waals surface area contributed by atoms with Crippen LogP contribution in [0.15, 0.2) is 88.8 Å². The molecule has 0 bridgehead atoms. The molecule has 9 heteroatoms. The van der Waals surface area contributed by atoms with Crippen molar-refractivity contribution < 1.29 is 13.2 Å². The van der Waals surface area contributed by atoms with E-state index >= 15 is 0 Å². The second-order valence-corrected chi connectivity index (χ2v) is 10.5. The third-order valence-electron chi connectivity index (χ3n) is 5.24. The SMILES string of the molecule is CCCOc1ccc(-c2nn(-c3ccccc3)cc2C=C(C#N)S(=O)(=O)c2ccc(Cl)cc2)cc1Cl. The van der Waals surface area contributed by atoms with Crippen LogP contribution in [0, 0.1) is 11.3 Å². The van der Waals surface area contributed by atoms with Crippen molar-refractivity contribution in [1.82, 2.24) is 9.78 Å². The highest BCUT2D eigenvalue weighted by atomic mass is 35.5. The first-order chi connectivity index (χ1) is 17.3. The number of rotatable bonds is 8. The van der Waals surface area contributed by atoms with Crippen molar-refractivity contribution in [1.29, 1.82) is 5.26 Å². The monoisotopic (exact) mass is 537 g/mol. The van der Waals surface area contributed by atoms with Crippen LogP contribution in [0.3, 0.4) is 0 Å². The van der Waals surface area contributed by atoms with E-state index in [1.807, 2.05) is 43.3 Å². The van der Waals surface area contributed by atoms with Crippen LogP contribution in [0.25, 0.3) is 23.0 Å². The standard InChI is InChI=1S/C27H21Cl2N3O3S/c1-2-14-35-26-13-8-19(16-25(26)29)27-20(18-32(31-27)22-6-4-3-5-7-22)15-24(17-30)36(33,34)23-11-9-21(28)10-12-23/h3-13,15-16,18H,2,14H2,1H3. The number of benzene rings is 3. The smallest absolute Gasteiger partial charge is 0.216 e. The van der Waals surface area contributed by atoms with Gasteiger partial charge in [0, 0.05) is 22.3 Å². The molecule has 0 spiro atoms. The summed E-state index contributed by atoms with van der Waals surface area (Å²) in [6.45, 7) is 2.53. The maximum absolute atomic E-state index is 13.2. The molecule has 0 saturated heterocycles. The van der Waals surface area contributed by atoms with Gasteiger partial charge in [0.2, 0.25) is 9.84 Å². The largest absolute Gasteiger partial charge is 0.492 e. The zero-order valence-corrected chi connectivity index (χ0v) is 21.6. The Balaban J connectivity index is 1.85. The first-order valence-electron chi connectivity index (χ1n) is 11.0. The van der Waals surface area contributed by atoms with Crippen molar-refractivity contribution in [2.45, 2.75) is 18.2 Å². The van der Waals surface area contributed by atoms with Crippen LogP contribution in [-0.2, 0) is 9.84 Å². The van der Waals surface area contributed by atoms with Crippen molar-refractivity contribution in [2.24, 2.45) is 0 Å². The molecule has 0 fully saturated rings. The van der Waals surface area contributed by atoms with Gasteiger partial charge in [0.15, 0.2) is 0 Å². The molecule has 0 aliphatic rings. The van der Waals surface area contributed by atoms with Gasteiger partial charge in [-0.05, 0) is 67.1 Å². The summed E-state index contributed by atoms with van der Waals surface area (Å²) in [6.07, 6.45) is 3.84. The third kappa shape index (κ3) is 5.47. The van der Waals surface area contributed by atoms with Crippen molar-refractivity contribution in [3.05, 3.63) is 99.5 Å². The maximum atomic E-state index is 13.2. The third-order valence-corrected chi connectivity index (χ3v) is 7.47. The van der Waals surface area contributed by atoms with E-state index in [9.17, 15) is 13.7 Å². The van der Waals surface area contributed by atoms with Gasteiger partial charge in [-0.15, -0.1) is 0 Å². The number of para-hydroxylation sites is 1. The van der Waals surface area contributed by atoms with E-state index in [4.69, 9.17) is 27.9 Å². The van der Waals surface area contributed by atoms with Gasteiger partial charge < -0.3 is 4.74 Å². The van der Waals surface area contributed by atoms with Gasteiger partial charge in [0.1, 0.15) is 22.4 Å². The van der Waals surface area contributed by atoms with Crippen LogP contribution in [0.1, 0.15) is 18.9 Å². The second-order valence-electron chi connectivity index (χ2n) is 7.78. The summed E-state index contributed by atoms with van der Waals surface area (Å²) in [4.78, 5) is -0.454. The number of hydrogen-bond donors (Lipinski definition) is 0. The van der Waals surface area contributed by atoms with Crippen molar-refractivity contribution in [2.75, 3.05) is 6.61 Å². The first-order valence-corrected chi connectivity index (χ1v) is 13.3. The first kappa shape index (κ1) is 25.5. The van der Waals surface area contributed by atoms with E-state index in [0.29, 0.717) is 39.2 Å². The maximum Gasteiger partial charge on any atom is 0.216 e. The molecule has 0 amide bonds. The Bertz CT molecular complexity index is 1560. The molecule has 3 aromatic carbocycles. The number of nitriles is 1. The minimum Gasteiger partial charge on any atom is -0.492 e. The zero-order valence-electron chi connectivity index (χ0n) is 19.2. The number of halogens is 2. The molecule has 1 aromatic heterocycles. The summed E-state index contributed by atoms with van der Waals surface area (Å²) in [6, 6.07) is 22.1. The average molecular weight is 538 g/mol. The molecular weight excluding hydrogens is 517 g/mol. The van der Waals surface area contributed by atoms with E-state index in [-0.39, 0.29) is 4.90 Å². The van der Waals surface area contributed by atoms with Crippen molar-refractivity contribution >= 4 is 39.1 Å². The molecule has 0 saturated carbocycles. The van der Waals surface area contributed by atoms with Crippen LogP contribution in [0.2, 0.25) is 10.0 Å². The quantitative estimate of drug-likeness (QED) is 0.226. The van der Waals surface area contributed by atoms with Crippen LogP contribution in [0.4, 0.5) is 0 Å². The minimum atomic E-state index is -4.09. The lowest BCUT2D eigenvalue weighted by molar-refractivity contribution is 0.317. The summed E-state index contributed by atoms with van der Waals surface area (Å²) in [5, 5.41) is 15.3. The fourth-order valence-corrected chi connectivity index (χ4v) is 4.97. The molecule has 0 atom stereocenters. The summed E-state index contributed by atoms with van der Waals surface area (Å²) >= 11 is 12.4. The molecule has 4 rings (SSSR count). The van der Waals surface area contributed by atoms with Crippen LogP contribution < -0.4 is 4.74 Å². The van der Waals surface area contributed by atoms with E-state index in [2.05, 4.69) is 5.10 Å². The molecule has 0 aliphatic heterocycles. The molecule has 4 aromatic rings. The van der Waals surface area contributed by atoms with E-state index in [1.165, 1.54) is 30.3 Å². The predicted octanol–water partition coefficient (Wildman–Crippen LogP) is 6.97. The van der Waals surface area contributed by atoms with Gasteiger partial charge in [-0.2, -0.15) is 10.4 Å². The lowest BCUT2D eigenvalue weighted by Gasteiger charge is -2.08. The molecule has 0 aliphatic carbocycles. The van der Waals surface area contributed by atoms with E-state index in [0.717, 1.165) is 12.1 Å². The Morgan fingerprint density at radius 2 is 1.81 bits per heavy atom. The number of sulfone groups is 1. The fourth-order valence-electron chi connectivity index (χ4n) is 3.46. The van der Waals surface area contributed by atoms with Crippen molar-refractivity contribution in [3.63, 3.8) is 0 Å². The highest BCUT2D eigenvalue weighted by Crippen LogP contribution is 2.33. The number of ether oxygens (including phenoxy) is 1. The lowest BCUT2D eigenvalue weighted by Crippen LogP contribution is -2.03. The number of nitrogens with zero attached hydrogens (tertiary/aromatic N) is 3. The fraction of sp³-hybridized carbons (Fsp3) is 0.111. The van der Waals surface area contributed by atoms with Crippen LogP contribution in [-0.4, -0.2) is 24.8 Å². The minimum absolute atomic E-state index is 0.0304. The highest BCUT2D eigenvalue weighted by Gasteiger charge is 2.23. The second kappa shape index (κ2) is 11.0.